The first-order chi connectivity index (χ1) is 6.01. The first-order valence-electron chi connectivity index (χ1n) is 4.86. The van der Waals surface area contributed by atoms with Crippen molar-refractivity contribution in [3.8, 4) is 0 Å². The zero-order valence-electron chi connectivity index (χ0n) is 9.21. The van der Waals surface area contributed by atoms with E-state index in [-0.39, 0.29) is 18.1 Å². The van der Waals surface area contributed by atoms with E-state index in [2.05, 4.69) is 13.8 Å². The molecule has 0 aliphatic carbocycles. The zero-order chi connectivity index (χ0) is 10.5. The third-order valence-corrected chi connectivity index (χ3v) is 3.05. The van der Waals surface area contributed by atoms with E-state index in [1.165, 1.54) is 0 Å². The average molecular weight is 189 g/mol. The van der Waals surface area contributed by atoms with Gasteiger partial charge in [-0.15, -0.1) is 0 Å². The average Bonchev–Trinajstić information content (AvgIpc) is 2.03. The number of rotatable bonds is 6. The van der Waals surface area contributed by atoms with Crippen LogP contribution < -0.4 is 5.73 Å². The Hall–Kier alpha value is -0.120. The number of aliphatic hydroxyl groups is 1. The summed E-state index contributed by atoms with van der Waals surface area (Å²) in [4.78, 5) is 0. The van der Waals surface area contributed by atoms with Gasteiger partial charge < -0.3 is 15.6 Å². The van der Waals surface area contributed by atoms with E-state index in [1.54, 1.807) is 7.11 Å². The maximum atomic E-state index is 9.02. The Labute approximate surface area is 81.3 Å². The lowest BCUT2D eigenvalue weighted by Crippen LogP contribution is -2.47. The predicted molar refractivity (Wildman–Crippen MR) is 54.5 cm³/mol. The normalized spacial score (nSPS) is 18.7. The van der Waals surface area contributed by atoms with E-state index >= 15 is 0 Å². The van der Waals surface area contributed by atoms with Crippen LogP contribution in [0.4, 0.5) is 0 Å². The highest BCUT2D eigenvalue weighted by atomic mass is 16.5. The molecule has 0 heterocycles. The topological polar surface area (TPSA) is 55.5 Å². The molecule has 0 aromatic rings. The second-order valence-corrected chi connectivity index (χ2v) is 4.08. The molecule has 0 fully saturated rings. The molecule has 0 aromatic carbocycles. The van der Waals surface area contributed by atoms with Crippen molar-refractivity contribution in [1.82, 2.24) is 0 Å². The summed E-state index contributed by atoms with van der Waals surface area (Å²) >= 11 is 0. The van der Waals surface area contributed by atoms with Crippen LogP contribution in [0, 0.1) is 11.3 Å². The highest BCUT2D eigenvalue weighted by molar-refractivity contribution is 4.89. The van der Waals surface area contributed by atoms with E-state index < -0.39 is 0 Å². The molecule has 0 bridgehead atoms. The molecule has 3 N–H and O–H groups in total. The smallest absolute Gasteiger partial charge is 0.0536 e. The molecule has 0 spiro atoms. The van der Waals surface area contributed by atoms with Gasteiger partial charge in [0.1, 0.15) is 0 Å². The van der Waals surface area contributed by atoms with Gasteiger partial charge in [-0.25, -0.2) is 0 Å². The Morgan fingerprint density at radius 3 is 2.15 bits per heavy atom. The second-order valence-electron chi connectivity index (χ2n) is 4.08. The third-order valence-electron chi connectivity index (χ3n) is 3.05. The van der Waals surface area contributed by atoms with E-state index in [1.807, 2.05) is 6.92 Å². The molecular formula is C10H23NO2. The van der Waals surface area contributed by atoms with Crippen LogP contribution in [0.1, 0.15) is 27.2 Å². The van der Waals surface area contributed by atoms with Gasteiger partial charge in [0, 0.05) is 25.2 Å². The highest BCUT2D eigenvalue weighted by Crippen LogP contribution is 2.34. The minimum absolute atomic E-state index is 0.0413. The number of hydrogen-bond donors (Lipinski definition) is 2. The summed E-state index contributed by atoms with van der Waals surface area (Å²) in [7, 11) is 1.68. The van der Waals surface area contributed by atoms with Gasteiger partial charge in [0.2, 0.25) is 0 Å². The van der Waals surface area contributed by atoms with E-state index in [4.69, 9.17) is 15.6 Å². The monoisotopic (exact) mass is 189 g/mol. The standard InChI is InChI=1S/C10H23NO2/c1-8(2)10(5-6-12,7-13-4)9(3)11/h8-9,12H,5-7,11H2,1-4H3. The summed E-state index contributed by atoms with van der Waals surface area (Å²) in [6, 6.07) is 0.0413. The zero-order valence-corrected chi connectivity index (χ0v) is 9.21. The largest absolute Gasteiger partial charge is 0.396 e. The van der Waals surface area contributed by atoms with Gasteiger partial charge in [-0.05, 0) is 19.3 Å². The predicted octanol–water partition coefficient (Wildman–Crippen LogP) is 1.00. The minimum Gasteiger partial charge on any atom is -0.396 e. The quantitative estimate of drug-likeness (QED) is 0.655. The van der Waals surface area contributed by atoms with Crippen LogP contribution in [-0.4, -0.2) is 31.5 Å². The van der Waals surface area contributed by atoms with Crippen molar-refractivity contribution in [2.24, 2.45) is 17.1 Å². The van der Waals surface area contributed by atoms with Crippen molar-refractivity contribution >= 4 is 0 Å². The molecule has 0 saturated carbocycles. The third kappa shape index (κ3) is 2.93. The van der Waals surface area contributed by atoms with Gasteiger partial charge in [-0.3, -0.25) is 0 Å². The lowest BCUT2D eigenvalue weighted by molar-refractivity contribution is 0.00607. The fraction of sp³-hybridized carbons (Fsp3) is 1.00. The molecule has 0 aliphatic heterocycles. The molecule has 2 unspecified atom stereocenters. The highest BCUT2D eigenvalue weighted by Gasteiger charge is 2.36. The van der Waals surface area contributed by atoms with Gasteiger partial charge in [0.15, 0.2) is 0 Å². The van der Waals surface area contributed by atoms with Crippen molar-refractivity contribution in [2.75, 3.05) is 20.3 Å². The summed E-state index contributed by atoms with van der Waals surface area (Å²) in [6.45, 7) is 7.01. The molecule has 0 radical (unpaired) electrons. The summed E-state index contributed by atoms with van der Waals surface area (Å²) in [5.41, 5.74) is 5.86. The Morgan fingerprint density at radius 2 is 1.92 bits per heavy atom. The van der Waals surface area contributed by atoms with Gasteiger partial charge in [0.25, 0.3) is 0 Å². The Morgan fingerprint density at radius 1 is 1.38 bits per heavy atom. The van der Waals surface area contributed by atoms with Crippen LogP contribution in [0.5, 0.6) is 0 Å². The van der Waals surface area contributed by atoms with Crippen molar-refractivity contribution in [3.63, 3.8) is 0 Å². The van der Waals surface area contributed by atoms with Crippen molar-refractivity contribution in [3.05, 3.63) is 0 Å². The van der Waals surface area contributed by atoms with E-state index in [0.29, 0.717) is 18.9 Å². The molecule has 2 atom stereocenters. The summed E-state index contributed by atoms with van der Waals surface area (Å²) in [6.07, 6.45) is 0.705. The molecule has 80 valence electrons. The van der Waals surface area contributed by atoms with Crippen molar-refractivity contribution < 1.29 is 9.84 Å². The van der Waals surface area contributed by atoms with Gasteiger partial charge in [-0.1, -0.05) is 13.8 Å². The number of ether oxygens (including phenoxy) is 1. The Kier molecular flexibility index (Phi) is 5.53. The molecule has 0 amide bonds. The minimum atomic E-state index is -0.0938. The van der Waals surface area contributed by atoms with E-state index in [9.17, 15) is 0 Å². The van der Waals surface area contributed by atoms with Gasteiger partial charge >= 0.3 is 0 Å². The molecule has 0 aliphatic rings. The fourth-order valence-electron chi connectivity index (χ4n) is 1.89. The lowest BCUT2D eigenvalue weighted by atomic mass is 9.70. The molecule has 0 aromatic heterocycles. The number of aliphatic hydroxyl groups excluding tert-OH is 1. The van der Waals surface area contributed by atoms with Crippen LogP contribution in [0.3, 0.4) is 0 Å². The number of hydrogen-bond acceptors (Lipinski definition) is 3. The summed E-state index contributed by atoms with van der Waals surface area (Å²) in [5, 5.41) is 9.02. The maximum Gasteiger partial charge on any atom is 0.0536 e. The van der Waals surface area contributed by atoms with Crippen LogP contribution >= 0.6 is 0 Å². The maximum absolute atomic E-state index is 9.02. The molecule has 3 heteroatoms. The lowest BCUT2D eigenvalue weighted by Gasteiger charge is -2.40. The van der Waals surface area contributed by atoms with Crippen LogP contribution in [0.15, 0.2) is 0 Å². The van der Waals surface area contributed by atoms with Gasteiger partial charge in [-0.2, -0.15) is 0 Å². The van der Waals surface area contributed by atoms with Crippen LogP contribution in [0.25, 0.3) is 0 Å². The molecule has 3 nitrogen and oxygen atoms in total. The van der Waals surface area contributed by atoms with Crippen molar-refractivity contribution in [1.29, 1.82) is 0 Å². The molecule has 13 heavy (non-hydrogen) atoms. The SMILES string of the molecule is COCC(CCO)(C(C)C)C(C)N. The van der Waals surface area contributed by atoms with Crippen molar-refractivity contribution in [2.45, 2.75) is 33.2 Å². The molecular weight excluding hydrogens is 166 g/mol. The first-order valence-corrected chi connectivity index (χ1v) is 4.86. The second kappa shape index (κ2) is 5.58. The van der Waals surface area contributed by atoms with Gasteiger partial charge in [0.05, 0.1) is 6.61 Å². The van der Waals surface area contributed by atoms with Crippen LogP contribution in [0.2, 0.25) is 0 Å². The Bertz CT molecular complexity index is 119. The van der Waals surface area contributed by atoms with Crippen LogP contribution in [-0.2, 0) is 4.74 Å². The summed E-state index contributed by atoms with van der Waals surface area (Å²) in [5.74, 6) is 0.416. The molecule has 0 rings (SSSR count). The first kappa shape index (κ1) is 12.9. The number of nitrogens with two attached hydrogens (primary N) is 1. The Balaban J connectivity index is 4.59. The summed E-state index contributed by atoms with van der Waals surface area (Å²) < 4.78 is 5.19. The fourth-order valence-corrected chi connectivity index (χ4v) is 1.89. The molecule has 0 saturated heterocycles. The van der Waals surface area contributed by atoms with E-state index in [0.717, 1.165) is 0 Å². The number of methoxy groups -OCH3 is 1.